The van der Waals surface area contributed by atoms with Gasteiger partial charge in [-0.25, -0.2) is 0 Å². The number of aliphatic hydroxyl groups excluding tert-OH is 1. The Hall–Kier alpha value is -0.880. The highest BCUT2D eigenvalue weighted by Crippen LogP contribution is 2.25. The van der Waals surface area contributed by atoms with Gasteiger partial charge in [-0.3, -0.25) is 0 Å². The first-order chi connectivity index (χ1) is 7.93. The molecule has 2 nitrogen and oxygen atoms in total. The fraction of sp³-hybridized carbons (Fsp3) is 0.455. The van der Waals surface area contributed by atoms with Crippen LogP contribution in [0, 0.1) is 0 Å². The number of hydrogen-bond acceptors (Lipinski definition) is 3. The lowest BCUT2D eigenvalue weighted by Crippen LogP contribution is -2.30. The molecule has 0 aliphatic carbocycles. The van der Waals surface area contributed by atoms with Crippen LogP contribution in [0.25, 0.3) is 0 Å². The molecule has 1 aromatic rings. The SMILES string of the molecule is COc1cccc(CSC[C@H](O)C(F)(F)F)c1. The number of hydrogen-bond donors (Lipinski definition) is 1. The molecule has 0 saturated carbocycles. The molecule has 0 bridgehead atoms. The lowest BCUT2D eigenvalue weighted by molar-refractivity contribution is -0.195. The van der Waals surface area contributed by atoms with Gasteiger partial charge >= 0.3 is 6.18 Å². The lowest BCUT2D eigenvalue weighted by atomic mass is 10.2. The average Bonchev–Trinajstić information content (AvgIpc) is 2.28. The molecule has 0 spiro atoms. The van der Waals surface area contributed by atoms with Crippen molar-refractivity contribution in [3.63, 3.8) is 0 Å². The van der Waals surface area contributed by atoms with E-state index in [0.29, 0.717) is 11.5 Å². The summed E-state index contributed by atoms with van der Waals surface area (Å²) in [7, 11) is 1.53. The van der Waals surface area contributed by atoms with Crippen LogP contribution in [0.3, 0.4) is 0 Å². The first-order valence-corrected chi connectivity index (χ1v) is 6.04. The van der Waals surface area contributed by atoms with Crippen LogP contribution < -0.4 is 4.74 Å². The van der Waals surface area contributed by atoms with Crippen molar-refractivity contribution in [1.29, 1.82) is 0 Å². The van der Waals surface area contributed by atoms with E-state index in [2.05, 4.69) is 0 Å². The number of rotatable bonds is 5. The van der Waals surface area contributed by atoms with Gasteiger partial charge in [0.2, 0.25) is 0 Å². The Labute approximate surface area is 102 Å². The van der Waals surface area contributed by atoms with Crippen LogP contribution in [-0.2, 0) is 5.75 Å². The molecular formula is C11H13F3O2S. The highest BCUT2D eigenvalue weighted by atomic mass is 32.2. The number of benzene rings is 1. The van der Waals surface area contributed by atoms with E-state index in [1.807, 2.05) is 0 Å². The third-order valence-electron chi connectivity index (χ3n) is 2.06. The Morgan fingerprint density at radius 2 is 2.12 bits per heavy atom. The molecule has 0 unspecified atom stereocenters. The maximum atomic E-state index is 12.0. The van der Waals surface area contributed by atoms with Crippen molar-refractivity contribution in [1.82, 2.24) is 0 Å². The molecule has 1 aromatic carbocycles. The van der Waals surface area contributed by atoms with Gasteiger partial charge in [-0.1, -0.05) is 12.1 Å². The molecule has 6 heteroatoms. The zero-order valence-corrected chi connectivity index (χ0v) is 10.0. The van der Waals surface area contributed by atoms with E-state index < -0.39 is 12.3 Å². The Kier molecular flexibility index (Phi) is 5.14. The van der Waals surface area contributed by atoms with Crippen LogP contribution in [-0.4, -0.2) is 30.2 Å². The Morgan fingerprint density at radius 3 is 2.71 bits per heavy atom. The number of alkyl halides is 3. The third-order valence-corrected chi connectivity index (χ3v) is 3.15. The molecule has 1 rings (SSSR count). The van der Waals surface area contributed by atoms with Crippen molar-refractivity contribution in [3.05, 3.63) is 29.8 Å². The molecule has 1 atom stereocenters. The Bertz CT molecular complexity index is 355. The van der Waals surface area contributed by atoms with Crippen LogP contribution >= 0.6 is 11.8 Å². The fourth-order valence-corrected chi connectivity index (χ4v) is 2.09. The third kappa shape index (κ3) is 4.87. The van der Waals surface area contributed by atoms with Gasteiger partial charge in [0.15, 0.2) is 6.10 Å². The topological polar surface area (TPSA) is 29.5 Å². The predicted octanol–water partition coefficient (Wildman–Crippen LogP) is 2.85. The second-order valence-corrected chi connectivity index (χ2v) is 4.45. The van der Waals surface area contributed by atoms with E-state index in [1.165, 1.54) is 7.11 Å². The first-order valence-electron chi connectivity index (χ1n) is 4.89. The number of methoxy groups -OCH3 is 1. The highest BCUT2D eigenvalue weighted by molar-refractivity contribution is 7.98. The Morgan fingerprint density at radius 1 is 1.41 bits per heavy atom. The van der Waals surface area contributed by atoms with Crippen molar-refractivity contribution in [2.75, 3.05) is 12.9 Å². The summed E-state index contributed by atoms with van der Waals surface area (Å²) < 4.78 is 41.0. The molecule has 96 valence electrons. The molecule has 0 radical (unpaired) electrons. The number of aliphatic hydroxyl groups is 1. The zero-order valence-electron chi connectivity index (χ0n) is 9.20. The van der Waals surface area contributed by atoms with E-state index in [1.54, 1.807) is 24.3 Å². The first kappa shape index (κ1) is 14.2. The standard InChI is InChI=1S/C11H13F3O2S/c1-16-9-4-2-3-8(5-9)6-17-7-10(15)11(12,13)14/h2-5,10,15H,6-7H2,1H3/t10-/m0/s1. The van der Waals surface area contributed by atoms with Crippen molar-refractivity contribution < 1.29 is 23.0 Å². The van der Waals surface area contributed by atoms with Gasteiger partial charge in [0.05, 0.1) is 7.11 Å². The van der Waals surface area contributed by atoms with Crippen LogP contribution in [0.15, 0.2) is 24.3 Å². The second-order valence-electron chi connectivity index (χ2n) is 3.42. The zero-order chi connectivity index (χ0) is 12.9. The van der Waals surface area contributed by atoms with E-state index >= 15 is 0 Å². The van der Waals surface area contributed by atoms with Crippen LogP contribution in [0.2, 0.25) is 0 Å². The molecule has 0 aliphatic heterocycles. The van der Waals surface area contributed by atoms with Crippen molar-refractivity contribution in [2.45, 2.75) is 18.0 Å². The normalized spacial score (nSPS) is 13.5. The van der Waals surface area contributed by atoms with Gasteiger partial charge in [0.1, 0.15) is 5.75 Å². The molecule has 17 heavy (non-hydrogen) atoms. The maximum Gasteiger partial charge on any atom is 0.415 e. The summed E-state index contributed by atoms with van der Waals surface area (Å²) in [6.07, 6.45) is -6.81. The number of halogens is 3. The summed E-state index contributed by atoms with van der Waals surface area (Å²) >= 11 is 1.03. The monoisotopic (exact) mass is 266 g/mol. The molecule has 0 aromatic heterocycles. The fourth-order valence-electron chi connectivity index (χ4n) is 1.15. The molecule has 0 amide bonds. The van der Waals surface area contributed by atoms with E-state index in [-0.39, 0.29) is 5.75 Å². The molecule has 0 heterocycles. The summed E-state index contributed by atoms with van der Waals surface area (Å²) in [5.41, 5.74) is 0.865. The quantitative estimate of drug-likeness (QED) is 0.888. The van der Waals surface area contributed by atoms with Crippen LogP contribution in [0.4, 0.5) is 13.2 Å². The van der Waals surface area contributed by atoms with Crippen LogP contribution in [0.5, 0.6) is 5.75 Å². The van der Waals surface area contributed by atoms with Crippen molar-refractivity contribution in [3.8, 4) is 5.75 Å². The summed E-state index contributed by atoms with van der Waals surface area (Å²) in [4.78, 5) is 0. The van der Waals surface area contributed by atoms with Gasteiger partial charge in [-0.2, -0.15) is 24.9 Å². The summed E-state index contributed by atoms with van der Waals surface area (Å²) in [5, 5.41) is 8.79. The number of thioether (sulfide) groups is 1. The average molecular weight is 266 g/mol. The van der Waals surface area contributed by atoms with E-state index in [9.17, 15) is 13.2 Å². The molecule has 0 aliphatic rings. The minimum Gasteiger partial charge on any atom is -0.497 e. The lowest BCUT2D eigenvalue weighted by Gasteiger charge is -2.13. The van der Waals surface area contributed by atoms with Gasteiger partial charge in [-0.15, -0.1) is 0 Å². The minimum atomic E-state index is -4.54. The van der Waals surface area contributed by atoms with Gasteiger partial charge in [0, 0.05) is 11.5 Å². The van der Waals surface area contributed by atoms with E-state index in [0.717, 1.165) is 17.3 Å². The molecular weight excluding hydrogens is 253 g/mol. The van der Waals surface area contributed by atoms with Crippen molar-refractivity contribution >= 4 is 11.8 Å². The molecule has 1 N–H and O–H groups in total. The van der Waals surface area contributed by atoms with Crippen molar-refractivity contribution in [2.24, 2.45) is 0 Å². The van der Waals surface area contributed by atoms with Gasteiger partial charge in [0.25, 0.3) is 0 Å². The predicted molar refractivity (Wildman–Crippen MR) is 61.2 cm³/mol. The van der Waals surface area contributed by atoms with Crippen LogP contribution in [0.1, 0.15) is 5.56 Å². The smallest absolute Gasteiger partial charge is 0.415 e. The minimum absolute atomic E-state index is 0.360. The van der Waals surface area contributed by atoms with E-state index in [4.69, 9.17) is 9.84 Å². The second kappa shape index (κ2) is 6.16. The largest absolute Gasteiger partial charge is 0.497 e. The van der Waals surface area contributed by atoms with Gasteiger partial charge in [-0.05, 0) is 17.7 Å². The summed E-state index contributed by atoms with van der Waals surface area (Å²) in [6, 6.07) is 7.09. The maximum absolute atomic E-state index is 12.0. The summed E-state index contributed by atoms with van der Waals surface area (Å²) in [6.45, 7) is 0. The summed E-state index contributed by atoms with van der Waals surface area (Å²) in [5.74, 6) is 0.713. The molecule has 0 saturated heterocycles. The molecule has 0 fully saturated rings. The van der Waals surface area contributed by atoms with Gasteiger partial charge < -0.3 is 9.84 Å². The highest BCUT2D eigenvalue weighted by Gasteiger charge is 2.37. The Balaban J connectivity index is 2.40. The number of ether oxygens (including phenoxy) is 1.